The molecule has 110 valence electrons. The van der Waals surface area contributed by atoms with Crippen molar-refractivity contribution in [2.24, 2.45) is 0 Å². The molecular weight excluding hydrogens is 286 g/mol. The molecule has 0 radical (unpaired) electrons. The molecule has 0 saturated heterocycles. The second kappa shape index (κ2) is 5.85. The molecule has 0 saturated carbocycles. The van der Waals surface area contributed by atoms with Crippen LogP contribution < -0.4 is 0 Å². The Kier molecular flexibility index (Phi) is 3.41. The van der Waals surface area contributed by atoms with Crippen LogP contribution in [0.2, 0.25) is 0 Å². The quantitative estimate of drug-likeness (QED) is 0.560. The van der Waals surface area contributed by atoms with E-state index in [9.17, 15) is 0 Å². The molecule has 0 atom stereocenters. The highest BCUT2D eigenvalue weighted by Gasteiger charge is 2.15. The first-order valence-electron chi connectivity index (χ1n) is 7.29. The van der Waals surface area contributed by atoms with Crippen molar-refractivity contribution in [2.75, 3.05) is 0 Å². The van der Waals surface area contributed by atoms with Crippen LogP contribution in [0.25, 0.3) is 34.1 Å². The highest BCUT2D eigenvalue weighted by Crippen LogP contribution is 2.29. The number of hydrogen-bond acceptors (Lipinski definition) is 4. The zero-order valence-electron chi connectivity index (χ0n) is 12.3. The third-order valence-corrected chi connectivity index (χ3v) is 3.54. The van der Waals surface area contributed by atoms with Gasteiger partial charge in [0, 0.05) is 17.3 Å². The maximum Gasteiger partial charge on any atom is 0.199 e. The van der Waals surface area contributed by atoms with Gasteiger partial charge in [-0.2, -0.15) is 0 Å². The molecule has 0 fully saturated rings. The first-order valence-corrected chi connectivity index (χ1v) is 7.29. The van der Waals surface area contributed by atoms with Crippen LogP contribution in [-0.4, -0.2) is 15.0 Å². The summed E-state index contributed by atoms with van der Waals surface area (Å²) in [5.74, 6) is 1.11. The van der Waals surface area contributed by atoms with Gasteiger partial charge in [-0.25, -0.2) is 15.0 Å². The third kappa shape index (κ3) is 2.62. The predicted molar refractivity (Wildman–Crippen MR) is 88.4 cm³/mol. The summed E-state index contributed by atoms with van der Waals surface area (Å²) in [5, 5.41) is 0. The first kappa shape index (κ1) is 13.4. The molecule has 4 heteroatoms. The molecule has 4 aromatic rings. The fourth-order valence-electron chi connectivity index (χ4n) is 2.44. The molecule has 0 N–H and O–H groups in total. The maximum atomic E-state index is 5.56. The van der Waals surface area contributed by atoms with Crippen molar-refractivity contribution < 1.29 is 4.42 Å². The van der Waals surface area contributed by atoms with Gasteiger partial charge in [0.2, 0.25) is 0 Å². The summed E-state index contributed by atoms with van der Waals surface area (Å²) in [6.45, 7) is 0. The predicted octanol–water partition coefficient (Wildman–Crippen LogP) is 4.47. The topological polar surface area (TPSA) is 51.8 Å². The molecule has 2 aromatic carbocycles. The number of rotatable bonds is 3. The van der Waals surface area contributed by atoms with Gasteiger partial charge in [-0.3, -0.25) is 0 Å². The summed E-state index contributed by atoms with van der Waals surface area (Å²) in [4.78, 5) is 13.3. The largest absolute Gasteiger partial charge is 0.439 e. The minimum absolute atomic E-state index is 0.530. The third-order valence-electron chi connectivity index (χ3n) is 3.54. The van der Waals surface area contributed by atoms with Crippen molar-refractivity contribution in [3.63, 3.8) is 0 Å². The van der Waals surface area contributed by atoms with Gasteiger partial charge in [-0.1, -0.05) is 60.7 Å². The van der Waals surface area contributed by atoms with Crippen LogP contribution in [0.5, 0.6) is 0 Å². The van der Waals surface area contributed by atoms with E-state index in [0.29, 0.717) is 11.6 Å². The van der Waals surface area contributed by atoms with E-state index in [2.05, 4.69) is 15.0 Å². The van der Waals surface area contributed by atoms with Gasteiger partial charge >= 0.3 is 0 Å². The molecule has 0 amide bonds. The average Bonchev–Trinajstić information content (AvgIpc) is 3.13. The Labute approximate surface area is 133 Å². The highest BCUT2D eigenvalue weighted by molar-refractivity contribution is 5.74. The smallest absolute Gasteiger partial charge is 0.199 e. The lowest BCUT2D eigenvalue weighted by atomic mass is 10.1. The van der Waals surface area contributed by atoms with Crippen molar-refractivity contribution in [3.8, 4) is 34.1 Å². The molecular formula is C19H13N3O. The van der Waals surface area contributed by atoms with Crippen molar-refractivity contribution >= 4 is 0 Å². The first-order chi connectivity index (χ1) is 11.4. The van der Waals surface area contributed by atoms with Gasteiger partial charge in [-0.05, 0) is 6.07 Å². The Balaban J connectivity index is 1.80. The fourth-order valence-corrected chi connectivity index (χ4v) is 2.44. The van der Waals surface area contributed by atoms with Gasteiger partial charge in [-0.15, -0.1) is 0 Å². The summed E-state index contributed by atoms with van der Waals surface area (Å²) < 4.78 is 5.56. The van der Waals surface area contributed by atoms with E-state index in [1.165, 1.54) is 6.39 Å². The number of nitrogens with zero attached hydrogens (tertiary/aromatic N) is 3. The Morgan fingerprint density at radius 3 is 2.13 bits per heavy atom. The van der Waals surface area contributed by atoms with E-state index in [0.717, 1.165) is 22.5 Å². The zero-order valence-corrected chi connectivity index (χ0v) is 12.3. The number of oxazole rings is 1. The van der Waals surface area contributed by atoms with Gasteiger partial charge in [0.15, 0.2) is 18.0 Å². The Hall–Kier alpha value is -3.27. The Bertz CT molecular complexity index is 918. The van der Waals surface area contributed by atoms with E-state index in [1.807, 2.05) is 66.7 Å². The van der Waals surface area contributed by atoms with E-state index in [4.69, 9.17) is 4.42 Å². The summed E-state index contributed by atoms with van der Waals surface area (Å²) in [5.41, 5.74) is 3.61. The summed E-state index contributed by atoms with van der Waals surface area (Å²) in [7, 11) is 0. The number of benzene rings is 2. The molecule has 0 unspecified atom stereocenters. The van der Waals surface area contributed by atoms with Gasteiger partial charge in [0.1, 0.15) is 5.69 Å². The highest BCUT2D eigenvalue weighted by atomic mass is 16.3. The molecule has 0 aliphatic rings. The molecule has 0 bridgehead atoms. The van der Waals surface area contributed by atoms with E-state index in [1.54, 1.807) is 6.20 Å². The zero-order chi connectivity index (χ0) is 15.5. The molecule has 0 aliphatic heterocycles. The number of hydrogen-bond donors (Lipinski definition) is 0. The molecule has 4 rings (SSSR count). The van der Waals surface area contributed by atoms with Crippen LogP contribution in [-0.2, 0) is 0 Å². The molecule has 2 aromatic heterocycles. The van der Waals surface area contributed by atoms with Crippen LogP contribution in [0.3, 0.4) is 0 Å². The van der Waals surface area contributed by atoms with Crippen molar-refractivity contribution in [2.45, 2.75) is 0 Å². The van der Waals surface area contributed by atoms with Crippen LogP contribution >= 0.6 is 0 Å². The van der Waals surface area contributed by atoms with E-state index in [-0.39, 0.29) is 0 Å². The van der Waals surface area contributed by atoms with Gasteiger partial charge < -0.3 is 4.42 Å². The molecule has 0 spiro atoms. The second-order valence-electron chi connectivity index (χ2n) is 5.03. The van der Waals surface area contributed by atoms with Crippen molar-refractivity contribution in [1.82, 2.24) is 15.0 Å². The van der Waals surface area contributed by atoms with Gasteiger partial charge in [0.05, 0.1) is 5.69 Å². The lowest BCUT2D eigenvalue weighted by Crippen LogP contribution is -1.92. The summed E-state index contributed by atoms with van der Waals surface area (Å²) in [6.07, 6.45) is 3.16. The monoisotopic (exact) mass is 299 g/mol. The lowest BCUT2D eigenvalue weighted by molar-refractivity contribution is 0.567. The molecule has 2 heterocycles. The van der Waals surface area contributed by atoms with Crippen LogP contribution in [0.1, 0.15) is 0 Å². The minimum Gasteiger partial charge on any atom is -0.439 e. The standard InChI is InChI=1S/C19H13N3O/c1-3-7-14(8-4-1)16-11-12-20-19(22-16)18-17(21-13-23-18)15-9-5-2-6-10-15/h1-13H. The second-order valence-corrected chi connectivity index (χ2v) is 5.03. The minimum atomic E-state index is 0.530. The van der Waals surface area contributed by atoms with E-state index >= 15 is 0 Å². The molecule has 23 heavy (non-hydrogen) atoms. The van der Waals surface area contributed by atoms with Crippen molar-refractivity contribution in [3.05, 3.63) is 79.3 Å². The summed E-state index contributed by atoms with van der Waals surface area (Å²) >= 11 is 0. The normalized spacial score (nSPS) is 10.6. The fraction of sp³-hybridized carbons (Fsp3) is 0. The molecule has 0 aliphatic carbocycles. The van der Waals surface area contributed by atoms with Crippen LogP contribution in [0.4, 0.5) is 0 Å². The lowest BCUT2D eigenvalue weighted by Gasteiger charge is -2.03. The number of aromatic nitrogens is 3. The SMILES string of the molecule is c1ccc(-c2ccnc(-c3ocnc3-c3ccccc3)n2)cc1. The average molecular weight is 299 g/mol. The van der Waals surface area contributed by atoms with Crippen molar-refractivity contribution in [1.29, 1.82) is 0 Å². The van der Waals surface area contributed by atoms with E-state index < -0.39 is 0 Å². The van der Waals surface area contributed by atoms with Crippen LogP contribution in [0, 0.1) is 0 Å². The Morgan fingerprint density at radius 1 is 0.696 bits per heavy atom. The Morgan fingerprint density at radius 2 is 1.39 bits per heavy atom. The maximum absolute atomic E-state index is 5.56. The molecule has 4 nitrogen and oxygen atoms in total. The summed E-state index contributed by atoms with van der Waals surface area (Å²) in [6, 6.07) is 21.8. The van der Waals surface area contributed by atoms with Gasteiger partial charge in [0.25, 0.3) is 0 Å². The van der Waals surface area contributed by atoms with Crippen LogP contribution in [0.15, 0.2) is 83.7 Å².